The molecular formula is C22H25N3OS. The predicted octanol–water partition coefficient (Wildman–Crippen LogP) is 3.77. The van der Waals surface area contributed by atoms with Crippen molar-refractivity contribution in [2.45, 2.75) is 51.6 Å². The van der Waals surface area contributed by atoms with Crippen LogP contribution in [0.15, 0.2) is 35.4 Å². The number of aryl methyl sites for hydroxylation is 2. The molecule has 0 saturated carbocycles. The van der Waals surface area contributed by atoms with Gasteiger partial charge < -0.3 is 4.90 Å². The van der Waals surface area contributed by atoms with Crippen molar-refractivity contribution in [3.8, 4) is 0 Å². The second-order valence-corrected chi connectivity index (χ2v) is 9.07. The fraction of sp³-hybridized carbons (Fsp3) is 0.455. The predicted molar refractivity (Wildman–Crippen MR) is 111 cm³/mol. The van der Waals surface area contributed by atoms with E-state index < -0.39 is 0 Å². The van der Waals surface area contributed by atoms with Crippen LogP contribution in [-0.2, 0) is 19.4 Å². The number of hydrogen-bond donors (Lipinski definition) is 0. The molecule has 0 radical (unpaired) electrons. The molecule has 0 unspecified atom stereocenters. The summed E-state index contributed by atoms with van der Waals surface area (Å²) in [6.45, 7) is 5.15. The van der Waals surface area contributed by atoms with E-state index in [-0.39, 0.29) is 5.56 Å². The SMILES string of the molecule is Cc1ccc(Cn2cnc3sc4c(c3c2=O)CC[C@H](N2CCCC2)C4)cc1. The first-order chi connectivity index (χ1) is 13.2. The van der Waals surface area contributed by atoms with Crippen molar-refractivity contribution in [1.82, 2.24) is 14.5 Å². The highest BCUT2D eigenvalue weighted by Crippen LogP contribution is 2.35. The van der Waals surface area contributed by atoms with Crippen LogP contribution in [0.1, 0.15) is 40.8 Å². The largest absolute Gasteiger partial charge is 0.300 e. The third kappa shape index (κ3) is 3.13. The van der Waals surface area contributed by atoms with Gasteiger partial charge in [0.15, 0.2) is 0 Å². The minimum absolute atomic E-state index is 0.123. The average Bonchev–Trinajstić information content (AvgIpc) is 3.33. The monoisotopic (exact) mass is 379 g/mol. The lowest BCUT2D eigenvalue weighted by Gasteiger charge is -2.30. The van der Waals surface area contributed by atoms with Crippen LogP contribution in [0.4, 0.5) is 0 Å². The zero-order chi connectivity index (χ0) is 18.4. The van der Waals surface area contributed by atoms with Gasteiger partial charge in [-0.3, -0.25) is 9.36 Å². The van der Waals surface area contributed by atoms with Crippen LogP contribution in [-0.4, -0.2) is 33.6 Å². The molecule has 3 heterocycles. The second-order valence-electron chi connectivity index (χ2n) is 7.99. The molecule has 0 spiro atoms. The topological polar surface area (TPSA) is 38.1 Å². The molecule has 5 rings (SSSR count). The Morgan fingerprint density at radius 2 is 1.96 bits per heavy atom. The molecule has 1 aromatic carbocycles. The Bertz CT molecular complexity index is 1030. The Morgan fingerprint density at radius 3 is 2.74 bits per heavy atom. The number of nitrogens with zero attached hydrogens (tertiary/aromatic N) is 3. The quantitative estimate of drug-likeness (QED) is 0.695. The van der Waals surface area contributed by atoms with E-state index in [2.05, 4.69) is 41.1 Å². The Hall–Kier alpha value is -1.98. The molecule has 0 bridgehead atoms. The van der Waals surface area contributed by atoms with E-state index in [4.69, 9.17) is 0 Å². The number of benzene rings is 1. The van der Waals surface area contributed by atoms with Gasteiger partial charge in [0.25, 0.3) is 5.56 Å². The molecule has 140 valence electrons. The Labute approximate surface area is 163 Å². The van der Waals surface area contributed by atoms with E-state index in [1.807, 2.05) is 0 Å². The smallest absolute Gasteiger partial charge is 0.262 e. The first-order valence-electron chi connectivity index (χ1n) is 9.98. The van der Waals surface area contributed by atoms with Crippen LogP contribution in [0.5, 0.6) is 0 Å². The van der Waals surface area contributed by atoms with Crippen LogP contribution < -0.4 is 5.56 Å². The summed E-state index contributed by atoms with van der Waals surface area (Å²) in [5, 5.41) is 0.879. The van der Waals surface area contributed by atoms with Crippen LogP contribution >= 0.6 is 11.3 Å². The van der Waals surface area contributed by atoms with Crippen molar-refractivity contribution in [3.05, 3.63) is 62.5 Å². The molecule has 2 aliphatic rings. The van der Waals surface area contributed by atoms with Gasteiger partial charge in [0.05, 0.1) is 18.3 Å². The Kier molecular flexibility index (Phi) is 4.37. The van der Waals surface area contributed by atoms with Crippen molar-refractivity contribution in [2.75, 3.05) is 13.1 Å². The van der Waals surface area contributed by atoms with Crippen molar-refractivity contribution < 1.29 is 0 Å². The highest BCUT2D eigenvalue weighted by atomic mass is 32.1. The summed E-state index contributed by atoms with van der Waals surface area (Å²) >= 11 is 1.74. The van der Waals surface area contributed by atoms with E-state index in [0.717, 1.165) is 28.6 Å². The average molecular weight is 380 g/mol. The molecule has 2 aromatic heterocycles. The van der Waals surface area contributed by atoms with Gasteiger partial charge >= 0.3 is 0 Å². The molecule has 3 aromatic rings. The maximum atomic E-state index is 13.2. The lowest BCUT2D eigenvalue weighted by molar-refractivity contribution is 0.224. The minimum Gasteiger partial charge on any atom is -0.300 e. The third-order valence-electron chi connectivity index (χ3n) is 6.14. The molecular weight excluding hydrogens is 354 g/mol. The number of aromatic nitrogens is 2. The molecule has 1 aliphatic heterocycles. The summed E-state index contributed by atoms with van der Waals surface area (Å²) < 4.78 is 1.77. The lowest BCUT2D eigenvalue weighted by Crippen LogP contribution is -2.36. The zero-order valence-corrected chi connectivity index (χ0v) is 16.6. The maximum Gasteiger partial charge on any atom is 0.262 e. The number of hydrogen-bond acceptors (Lipinski definition) is 4. The van der Waals surface area contributed by atoms with Crippen molar-refractivity contribution >= 4 is 21.6 Å². The fourth-order valence-electron chi connectivity index (χ4n) is 4.60. The zero-order valence-electron chi connectivity index (χ0n) is 15.8. The minimum atomic E-state index is 0.123. The van der Waals surface area contributed by atoms with Crippen LogP contribution in [0.2, 0.25) is 0 Å². The summed E-state index contributed by atoms with van der Waals surface area (Å²) in [5.74, 6) is 0. The molecule has 5 heteroatoms. The molecule has 0 amide bonds. The van der Waals surface area contributed by atoms with E-state index in [0.29, 0.717) is 12.6 Å². The van der Waals surface area contributed by atoms with Crippen LogP contribution in [0, 0.1) is 6.92 Å². The molecule has 1 aliphatic carbocycles. The van der Waals surface area contributed by atoms with Gasteiger partial charge in [0.1, 0.15) is 4.83 Å². The molecule has 4 nitrogen and oxygen atoms in total. The van der Waals surface area contributed by atoms with Gasteiger partial charge in [-0.25, -0.2) is 4.98 Å². The number of likely N-dealkylation sites (tertiary alicyclic amines) is 1. The summed E-state index contributed by atoms with van der Waals surface area (Å²) in [6.07, 6.45) is 7.67. The first-order valence-corrected chi connectivity index (χ1v) is 10.8. The van der Waals surface area contributed by atoms with E-state index >= 15 is 0 Å². The summed E-state index contributed by atoms with van der Waals surface area (Å²) in [5.41, 5.74) is 3.78. The summed E-state index contributed by atoms with van der Waals surface area (Å²) in [7, 11) is 0. The van der Waals surface area contributed by atoms with Crippen molar-refractivity contribution in [3.63, 3.8) is 0 Å². The van der Waals surface area contributed by atoms with E-state index in [1.165, 1.54) is 48.4 Å². The molecule has 0 N–H and O–H groups in total. The van der Waals surface area contributed by atoms with Gasteiger partial charge in [0.2, 0.25) is 0 Å². The normalized spacial score (nSPS) is 20.3. The molecule has 1 atom stereocenters. The third-order valence-corrected chi connectivity index (χ3v) is 7.30. The van der Waals surface area contributed by atoms with Crippen LogP contribution in [0.25, 0.3) is 10.2 Å². The van der Waals surface area contributed by atoms with Gasteiger partial charge in [0, 0.05) is 10.9 Å². The van der Waals surface area contributed by atoms with Gasteiger partial charge in [-0.05, 0) is 63.2 Å². The Morgan fingerprint density at radius 1 is 1.19 bits per heavy atom. The van der Waals surface area contributed by atoms with Gasteiger partial charge in [-0.2, -0.15) is 0 Å². The highest BCUT2D eigenvalue weighted by Gasteiger charge is 2.29. The van der Waals surface area contributed by atoms with Gasteiger partial charge in [-0.1, -0.05) is 29.8 Å². The lowest BCUT2D eigenvalue weighted by atomic mass is 9.92. The summed E-state index contributed by atoms with van der Waals surface area (Å²) in [6, 6.07) is 9.03. The van der Waals surface area contributed by atoms with Crippen molar-refractivity contribution in [2.24, 2.45) is 0 Å². The molecule has 1 fully saturated rings. The molecule has 27 heavy (non-hydrogen) atoms. The highest BCUT2D eigenvalue weighted by molar-refractivity contribution is 7.18. The van der Waals surface area contributed by atoms with Crippen molar-refractivity contribution in [1.29, 1.82) is 0 Å². The number of fused-ring (bicyclic) bond motifs is 3. The standard InChI is InChI=1S/C22H25N3OS/c1-15-4-6-16(7-5-15)13-25-14-23-21-20(22(25)26)18-9-8-17(12-19(18)27-21)24-10-2-3-11-24/h4-7,14,17H,2-3,8-13H2,1H3/t17-/m0/s1. The molecule has 1 saturated heterocycles. The fourth-order valence-corrected chi connectivity index (χ4v) is 5.85. The first kappa shape index (κ1) is 17.1. The summed E-state index contributed by atoms with van der Waals surface area (Å²) in [4.78, 5) is 22.8. The van der Waals surface area contributed by atoms with E-state index in [9.17, 15) is 4.79 Å². The maximum absolute atomic E-state index is 13.2. The number of thiophene rings is 1. The van der Waals surface area contributed by atoms with E-state index in [1.54, 1.807) is 22.2 Å². The Balaban J connectivity index is 1.48. The van der Waals surface area contributed by atoms with Crippen LogP contribution in [0.3, 0.4) is 0 Å². The number of rotatable bonds is 3. The van der Waals surface area contributed by atoms with Gasteiger partial charge in [-0.15, -0.1) is 11.3 Å². The second kappa shape index (κ2) is 6.88.